The third-order valence-electron chi connectivity index (χ3n) is 3.87. The number of rotatable bonds is 5. The van der Waals surface area contributed by atoms with Crippen LogP contribution in [0.15, 0.2) is 36.7 Å². The molecule has 0 aliphatic carbocycles. The van der Waals surface area contributed by atoms with Crippen molar-refractivity contribution >= 4 is 11.6 Å². The lowest BCUT2D eigenvalue weighted by atomic mass is 9.92. The topological polar surface area (TPSA) is 59.1 Å². The normalized spacial score (nSPS) is 18.0. The van der Waals surface area contributed by atoms with Crippen LogP contribution in [-0.2, 0) is 0 Å². The van der Waals surface area contributed by atoms with Crippen LogP contribution in [0.2, 0.25) is 0 Å². The summed E-state index contributed by atoms with van der Waals surface area (Å²) in [5.41, 5.74) is 2.39. The molecular formula is C17H22N4O. The van der Waals surface area contributed by atoms with Crippen molar-refractivity contribution in [2.75, 3.05) is 25.0 Å². The SMILES string of the molecule is CCOc1cnc(Nc2ccc([C@@H]3CCCNC3)cc2)nc1. The Morgan fingerprint density at radius 1 is 1.23 bits per heavy atom. The Kier molecular flexibility index (Phi) is 4.85. The van der Waals surface area contributed by atoms with Gasteiger partial charge in [-0.2, -0.15) is 0 Å². The Hall–Kier alpha value is -2.14. The molecule has 2 N–H and O–H groups in total. The molecule has 0 amide bonds. The van der Waals surface area contributed by atoms with Crippen LogP contribution in [0.25, 0.3) is 0 Å². The minimum atomic E-state index is 0.579. The molecule has 22 heavy (non-hydrogen) atoms. The molecule has 0 radical (unpaired) electrons. The molecule has 1 aromatic heterocycles. The molecule has 2 aromatic rings. The van der Waals surface area contributed by atoms with Crippen LogP contribution in [0.3, 0.4) is 0 Å². The van der Waals surface area contributed by atoms with Gasteiger partial charge in [-0.05, 0) is 49.9 Å². The minimum Gasteiger partial charge on any atom is -0.491 e. The molecule has 1 aliphatic rings. The van der Waals surface area contributed by atoms with Gasteiger partial charge in [0.25, 0.3) is 0 Å². The molecule has 116 valence electrons. The summed E-state index contributed by atoms with van der Waals surface area (Å²) < 4.78 is 5.34. The molecule has 5 nitrogen and oxygen atoms in total. The number of hydrogen-bond donors (Lipinski definition) is 2. The van der Waals surface area contributed by atoms with Gasteiger partial charge >= 0.3 is 0 Å². The highest BCUT2D eigenvalue weighted by atomic mass is 16.5. The second kappa shape index (κ2) is 7.22. The largest absolute Gasteiger partial charge is 0.491 e. The molecule has 1 aromatic carbocycles. The van der Waals surface area contributed by atoms with Crippen LogP contribution in [-0.4, -0.2) is 29.7 Å². The maximum atomic E-state index is 5.34. The number of benzene rings is 1. The number of nitrogens with one attached hydrogen (secondary N) is 2. The van der Waals surface area contributed by atoms with Crippen LogP contribution in [0.5, 0.6) is 5.75 Å². The van der Waals surface area contributed by atoms with Gasteiger partial charge in [-0.1, -0.05) is 12.1 Å². The molecule has 3 rings (SSSR count). The Bertz CT molecular complexity index is 577. The average Bonchev–Trinajstić information content (AvgIpc) is 2.58. The van der Waals surface area contributed by atoms with Crippen LogP contribution in [0, 0.1) is 0 Å². The summed E-state index contributed by atoms with van der Waals surface area (Å²) in [7, 11) is 0. The summed E-state index contributed by atoms with van der Waals surface area (Å²) in [4.78, 5) is 8.50. The summed E-state index contributed by atoms with van der Waals surface area (Å²) in [5, 5.41) is 6.67. The van der Waals surface area contributed by atoms with E-state index in [-0.39, 0.29) is 0 Å². The summed E-state index contributed by atoms with van der Waals surface area (Å²) in [6, 6.07) is 8.55. The van der Waals surface area contributed by atoms with E-state index in [2.05, 4.69) is 44.9 Å². The van der Waals surface area contributed by atoms with Gasteiger partial charge in [-0.25, -0.2) is 9.97 Å². The molecule has 2 heterocycles. The van der Waals surface area contributed by atoms with E-state index in [9.17, 15) is 0 Å². The number of hydrogen-bond acceptors (Lipinski definition) is 5. The third-order valence-corrected chi connectivity index (χ3v) is 3.87. The molecule has 1 aliphatic heterocycles. The fourth-order valence-electron chi connectivity index (χ4n) is 2.73. The number of ether oxygens (including phenoxy) is 1. The molecule has 5 heteroatoms. The Morgan fingerprint density at radius 3 is 2.64 bits per heavy atom. The lowest BCUT2D eigenvalue weighted by Gasteiger charge is -2.23. The molecule has 0 bridgehead atoms. The zero-order valence-corrected chi connectivity index (χ0v) is 12.9. The first kappa shape index (κ1) is 14.8. The molecular weight excluding hydrogens is 276 g/mol. The van der Waals surface area contributed by atoms with Gasteiger partial charge in [0.2, 0.25) is 5.95 Å². The van der Waals surface area contributed by atoms with E-state index in [1.807, 2.05) is 6.92 Å². The highest BCUT2D eigenvalue weighted by Crippen LogP contribution is 2.25. The fraction of sp³-hybridized carbons (Fsp3) is 0.412. The third kappa shape index (κ3) is 3.74. The van der Waals surface area contributed by atoms with Crippen molar-refractivity contribution in [2.24, 2.45) is 0 Å². The van der Waals surface area contributed by atoms with Crippen molar-refractivity contribution in [3.05, 3.63) is 42.2 Å². The lowest BCUT2D eigenvalue weighted by molar-refractivity contribution is 0.337. The Morgan fingerprint density at radius 2 is 2.00 bits per heavy atom. The van der Waals surface area contributed by atoms with Gasteiger partial charge in [0.1, 0.15) is 0 Å². The van der Waals surface area contributed by atoms with Crippen molar-refractivity contribution in [3.8, 4) is 5.75 Å². The van der Waals surface area contributed by atoms with Crippen LogP contribution < -0.4 is 15.4 Å². The number of piperidine rings is 1. The van der Waals surface area contributed by atoms with Crippen LogP contribution in [0.1, 0.15) is 31.2 Å². The van der Waals surface area contributed by atoms with Gasteiger partial charge in [0, 0.05) is 12.2 Å². The van der Waals surface area contributed by atoms with Crippen molar-refractivity contribution in [3.63, 3.8) is 0 Å². The lowest BCUT2D eigenvalue weighted by Crippen LogP contribution is -2.28. The quantitative estimate of drug-likeness (QED) is 0.888. The smallest absolute Gasteiger partial charge is 0.227 e. The first-order valence-electron chi connectivity index (χ1n) is 7.87. The molecule has 0 unspecified atom stereocenters. The first-order valence-corrected chi connectivity index (χ1v) is 7.87. The van der Waals surface area contributed by atoms with Gasteiger partial charge in [0.05, 0.1) is 19.0 Å². The van der Waals surface area contributed by atoms with Crippen molar-refractivity contribution in [1.29, 1.82) is 0 Å². The van der Waals surface area contributed by atoms with Crippen molar-refractivity contribution in [2.45, 2.75) is 25.7 Å². The maximum Gasteiger partial charge on any atom is 0.227 e. The summed E-state index contributed by atoms with van der Waals surface area (Å²) >= 11 is 0. The van der Waals surface area contributed by atoms with Crippen LogP contribution >= 0.6 is 0 Å². The van der Waals surface area contributed by atoms with E-state index in [1.54, 1.807) is 12.4 Å². The molecule has 0 saturated carbocycles. The van der Waals surface area contributed by atoms with E-state index >= 15 is 0 Å². The summed E-state index contributed by atoms with van der Waals surface area (Å²) in [6.07, 6.45) is 5.88. The highest BCUT2D eigenvalue weighted by molar-refractivity contribution is 5.53. The molecule has 1 fully saturated rings. The van der Waals surface area contributed by atoms with Gasteiger partial charge in [0.15, 0.2) is 5.75 Å². The van der Waals surface area contributed by atoms with E-state index in [1.165, 1.54) is 18.4 Å². The van der Waals surface area contributed by atoms with E-state index in [0.29, 0.717) is 24.2 Å². The van der Waals surface area contributed by atoms with E-state index < -0.39 is 0 Å². The standard InChI is InChI=1S/C17H22N4O/c1-2-22-16-11-19-17(20-12-16)21-15-7-5-13(6-8-15)14-4-3-9-18-10-14/h5-8,11-12,14,18H,2-4,9-10H2,1H3,(H,19,20,21)/t14-/m1/s1. The molecule has 1 saturated heterocycles. The maximum absolute atomic E-state index is 5.34. The zero-order valence-electron chi connectivity index (χ0n) is 12.9. The van der Waals surface area contributed by atoms with Crippen LogP contribution in [0.4, 0.5) is 11.6 Å². The van der Waals surface area contributed by atoms with E-state index in [4.69, 9.17) is 4.74 Å². The number of anilines is 2. The van der Waals surface area contributed by atoms with Crippen molar-refractivity contribution < 1.29 is 4.74 Å². The monoisotopic (exact) mass is 298 g/mol. The predicted octanol–water partition coefficient (Wildman–Crippen LogP) is 3.09. The van der Waals surface area contributed by atoms with Gasteiger partial charge < -0.3 is 15.4 Å². The second-order valence-electron chi connectivity index (χ2n) is 5.47. The Balaban J connectivity index is 1.62. The minimum absolute atomic E-state index is 0.579. The predicted molar refractivity (Wildman–Crippen MR) is 87.8 cm³/mol. The summed E-state index contributed by atoms with van der Waals surface area (Å²) in [6.45, 7) is 4.78. The fourth-order valence-corrected chi connectivity index (χ4v) is 2.73. The second-order valence-corrected chi connectivity index (χ2v) is 5.47. The summed E-state index contributed by atoms with van der Waals surface area (Å²) in [5.74, 6) is 1.90. The van der Waals surface area contributed by atoms with E-state index in [0.717, 1.165) is 18.8 Å². The average molecular weight is 298 g/mol. The number of nitrogens with zero attached hydrogens (tertiary/aromatic N) is 2. The molecule has 1 atom stereocenters. The highest BCUT2D eigenvalue weighted by Gasteiger charge is 2.14. The first-order chi connectivity index (χ1) is 10.8. The zero-order chi connectivity index (χ0) is 15.2. The van der Waals surface area contributed by atoms with Gasteiger partial charge in [-0.3, -0.25) is 0 Å². The number of aromatic nitrogens is 2. The van der Waals surface area contributed by atoms with Crippen molar-refractivity contribution in [1.82, 2.24) is 15.3 Å². The Labute approximate surface area is 131 Å². The molecule has 0 spiro atoms. The van der Waals surface area contributed by atoms with Gasteiger partial charge in [-0.15, -0.1) is 0 Å².